The number of piperidine rings is 1. The van der Waals surface area contributed by atoms with Gasteiger partial charge in [-0.2, -0.15) is 0 Å². The molecule has 0 unspecified atom stereocenters. The summed E-state index contributed by atoms with van der Waals surface area (Å²) < 4.78 is 5.99. The van der Waals surface area contributed by atoms with Gasteiger partial charge in [0.05, 0.1) is 0 Å². The average Bonchev–Trinajstić information content (AvgIpc) is 3.15. The van der Waals surface area contributed by atoms with E-state index in [4.69, 9.17) is 4.74 Å². The highest BCUT2D eigenvalue weighted by molar-refractivity contribution is 7.09. The van der Waals surface area contributed by atoms with Gasteiger partial charge in [-0.25, -0.2) is 9.97 Å². The lowest BCUT2D eigenvalue weighted by atomic mass is 10.1. The molecule has 0 spiro atoms. The third-order valence-corrected chi connectivity index (χ3v) is 5.19. The highest BCUT2D eigenvalue weighted by atomic mass is 32.1. The number of nitrogens with zero attached hydrogens (tertiary/aromatic N) is 3. The molecule has 0 radical (unpaired) electrons. The Kier molecular flexibility index (Phi) is 5.44. The van der Waals surface area contributed by atoms with Crippen LogP contribution in [0.4, 0.5) is 0 Å². The molecule has 3 aromatic rings. The van der Waals surface area contributed by atoms with Gasteiger partial charge in [0.15, 0.2) is 5.69 Å². The number of benzene rings is 1. The fourth-order valence-electron chi connectivity index (χ4n) is 3.07. The summed E-state index contributed by atoms with van der Waals surface area (Å²) in [5, 5.41) is 3.99. The summed E-state index contributed by atoms with van der Waals surface area (Å²) in [7, 11) is 0. The zero-order chi connectivity index (χ0) is 17.6. The molecule has 2 aromatic heterocycles. The molecule has 1 aliphatic rings. The summed E-state index contributed by atoms with van der Waals surface area (Å²) in [5.41, 5.74) is 3.31. The van der Waals surface area contributed by atoms with Crippen molar-refractivity contribution in [2.24, 2.45) is 0 Å². The van der Waals surface area contributed by atoms with E-state index in [1.807, 2.05) is 41.1 Å². The number of likely N-dealkylation sites (tertiary alicyclic amines) is 1. The van der Waals surface area contributed by atoms with Crippen LogP contribution in [-0.4, -0.2) is 41.1 Å². The molecule has 4 nitrogen and oxygen atoms in total. The maximum atomic E-state index is 5.99. The first-order valence-electron chi connectivity index (χ1n) is 9.05. The summed E-state index contributed by atoms with van der Waals surface area (Å²) in [6.45, 7) is 3.87. The van der Waals surface area contributed by atoms with Gasteiger partial charge in [-0.1, -0.05) is 30.5 Å². The smallest absolute Gasteiger partial charge is 0.249 e. The molecule has 4 rings (SSSR count). The summed E-state index contributed by atoms with van der Waals surface area (Å²) in [5.74, 6) is 6.84. The van der Waals surface area contributed by atoms with Gasteiger partial charge in [-0.3, -0.25) is 4.90 Å². The molecule has 0 aliphatic carbocycles. The molecule has 1 saturated heterocycles. The van der Waals surface area contributed by atoms with E-state index in [-0.39, 0.29) is 0 Å². The molecule has 0 amide bonds. The molecule has 26 heavy (non-hydrogen) atoms. The first kappa shape index (κ1) is 17.0. The lowest BCUT2D eigenvalue weighted by Crippen LogP contribution is -2.33. The molecule has 3 heterocycles. The molecule has 0 saturated carbocycles. The van der Waals surface area contributed by atoms with Crippen LogP contribution in [0.15, 0.2) is 41.1 Å². The van der Waals surface area contributed by atoms with Gasteiger partial charge in [0, 0.05) is 22.9 Å². The van der Waals surface area contributed by atoms with Crippen molar-refractivity contribution in [2.45, 2.75) is 19.3 Å². The van der Waals surface area contributed by atoms with E-state index in [9.17, 15) is 0 Å². The van der Waals surface area contributed by atoms with Crippen LogP contribution in [0.2, 0.25) is 0 Å². The number of fused-ring (bicyclic) bond motifs is 1. The summed E-state index contributed by atoms with van der Waals surface area (Å²) in [6, 6.07) is 9.92. The Morgan fingerprint density at radius 2 is 1.73 bits per heavy atom. The lowest BCUT2D eigenvalue weighted by Gasteiger charge is -2.26. The molecule has 1 aliphatic heterocycles. The van der Waals surface area contributed by atoms with Crippen LogP contribution in [0.25, 0.3) is 11.0 Å². The fourth-order valence-corrected chi connectivity index (χ4v) is 3.74. The van der Waals surface area contributed by atoms with Gasteiger partial charge in [0.2, 0.25) is 5.88 Å². The normalized spacial score (nSPS) is 14.8. The number of ether oxygens (including phenoxy) is 1. The van der Waals surface area contributed by atoms with Gasteiger partial charge >= 0.3 is 0 Å². The van der Waals surface area contributed by atoms with Crippen molar-refractivity contribution in [1.29, 1.82) is 0 Å². The summed E-state index contributed by atoms with van der Waals surface area (Å²) in [6.07, 6.45) is 3.92. The van der Waals surface area contributed by atoms with Crippen molar-refractivity contribution in [3.63, 3.8) is 0 Å². The van der Waals surface area contributed by atoms with Crippen LogP contribution in [0.3, 0.4) is 0 Å². The van der Waals surface area contributed by atoms with Crippen molar-refractivity contribution in [1.82, 2.24) is 14.9 Å². The minimum absolute atomic E-state index is 0.538. The minimum atomic E-state index is 0.538. The Morgan fingerprint density at radius 1 is 0.962 bits per heavy atom. The zero-order valence-electron chi connectivity index (χ0n) is 14.6. The molecule has 5 heteroatoms. The van der Waals surface area contributed by atoms with E-state index >= 15 is 0 Å². The lowest BCUT2D eigenvalue weighted by molar-refractivity contribution is 0.180. The average molecular weight is 363 g/mol. The molecule has 0 atom stereocenters. The van der Waals surface area contributed by atoms with Crippen molar-refractivity contribution < 1.29 is 4.74 Å². The molecule has 0 bridgehead atoms. The number of hydrogen-bond acceptors (Lipinski definition) is 5. The maximum Gasteiger partial charge on any atom is 0.249 e. The summed E-state index contributed by atoms with van der Waals surface area (Å²) >= 11 is 1.59. The Labute approximate surface area is 157 Å². The second kappa shape index (κ2) is 8.31. The van der Waals surface area contributed by atoms with Crippen molar-refractivity contribution >= 4 is 22.4 Å². The largest absolute Gasteiger partial charge is 0.474 e. The second-order valence-corrected chi connectivity index (χ2v) is 7.13. The predicted molar refractivity (Wildman–Crippen MR) is 106 cm³/mol. The van der Waals surface area contributed by atoms with Crippen LogP contribution in [0, 0.1) is 11.8 Å². The monoisotopic (exact) mass is 363 g/mol. The topological polar surface area (TPSA) is 38.3 Å². The van der Waals surface area contributed by atoms with Crippen molar-refractivity contribution in [3.05, 3.63) is 52.3 Å². The number of hydrogen-bond donors (Lipinski definition) is 0. The number of rotatable bonds is 4. The predicted octanol–water partition coefficient (Wildman–Crippen LogP) is 3.96. The van der Waals surface area contributed by atoms with Gasteiger partial charge in [-0.15, -0.1) is 11.3 Å². The van der Waals surface area contributed by atoms with Gasteiger partial charge in [0.1, 0.15) is 17.6 Å². The van der Waals surface area contributed by atoms with Crippen LogP contribution in [-0.2, 0) is 0 Å². The van der Waals surface area contributed by atoms with Crippen LogP contribution >= 0.6 is 11.3 Å². The first-order valence-corrected chi connectivity index (χ1v) is 9.99. The van der Waals surface area contributed by atoms with Crippen LogP contribution < -0.4 is 4.74 Å². The highest BCUT2D eigenvalue weighted by Crippen LogP contribution is 2.21. The Bertz CT molecular complexity index is 921. The molecule has 132 valence electrons. The molecule has 1 aromatic carbocycles. The van der Waals surface area contributed by atoms with Crippen molar-refractivity contribution in [3.8, 4) is 17.7 Å². The van der Waals surface area contributed by atoms with E-state index in [2.05, 4.69) is 26.7 Å². The van der Waals surface area contributed by atoms with Gasteiger partial charge < -0.3 is 4.74 Å². The molecular weight excluding hydrogens is 342 g/mol. The van der Waals surface area contributed by atoms with E-state index < -0.39 is 0 Å². The van der Waals surface area contributed by atoms with Crippen molar-refractivity contribution in [2.75, 3.05) is 26.2 Å². The Balaban J connectivity index is 1.53. The van der Waals surface area contributed by atoms with Gasteiger partial charge in [-0.05, 0) is 44.0 Å². The Morgan fingerprint density at radius 3 is 2.54 bits per heavy atom. The first-order chi connectivity index (χ1) is 12.9. The second-order valence-electron chi connectivity index (χ2n) is 6.39. The molecule has 0 N–H and O–H groups in total. The third-order valence-electron chi connectivity index (χ3n) is 4.47. The molecular formula is C21H21N3OS. The van der Waals surface area contributed by atoms with Crippen LogP contribution in [0.1, 0.15) is 30.5 Å². The third kappa shape index (κ3) is 4.21. The van der Waals surface area contributed by atoms with E-state index in [0.717, 1.165) is 23.1 Å². The zero-order valence-corrected chi connectivity index (χ0v) is 15.5. The summed E-state index contributed by atoms with van der Waals surface area (Å²) in [4.78, 5) is 11.7. The molecule has 1 fully saturated rings. The maximum absolute atomic E-state index is 5.99. The van der Waals surface area contributed by atoms with E-state index in [1.165, 1.54) is 32.4 Å². The number of thiophene rings is 1. The quantitative estimate of drug-likeness (QED) is 0.658. The van der Waals surface area contributed by atoms with Gasteiger partial charge in [0.25, 0.3) is 0 Å². The standard InChI is InChI=1S/C21H21N3OS/c1-3-7-17(8-4-1)9-10-18-21(23-20-16-26-15-19(20)22-18)25-14-13-24-11-5-2-6-12-24/h1,3-4,7-8,15-16H,2,5-6,11-14H2. The van der Waals surface area contributed by atoms with E-state index in [1.54, 1.807) is 11.3 Å². The van der Waals surface area contributed by atoms with Crippen LogP contribution in [0.5, 0.6) is 5.88 Å². The Hall–Kier alpha value is -2.42. The minimum Gasteiger partial charge on any atom is -0.474 e. The SMILES string of the molecule is C(#Cc1nc2cscc2nc1OCCN1CCCCC1)c1ccccc1. The fraction of sp³-hybridized carbons (Fsp3) is 0.333. The number of aromatic nitrogens is 2. The highest BCUT2D eigenvalue weighted by Gasteiger charge is 2.12. The van der Waals surface area contributed by atoms with E-state index in [0.29, 0.717) is 18.2 Å².